The summed E-state index contributed by atoms with van der Waals surface area (Å²) in [5.41, 5.74) is 6.16. The number of carbonyl (C=O) groups is 1. The van der Waals surface area contributed by atoms with Crippen molar-refractivity contribution in [3.8, 4) is 0 Å². The Morgan fingerprint density at radius 3 is 3.05 bits per heavy atom. The molecule has 0 aromatic heterocycles. The van der Waals surface area contributed by atoms with Gasteiger partial charge in [0.25, 0.3) is 0 Å². The zero-order chi connectivity index (χ0) is 16.1. The fourth-order valence-electron chi connectivity index (χ4n) is 2.86. The molecule has 1 heterocycles. The average Bonchev–Trinajstić information content (AvgIpc) is 2.45. The molecule has 1 aliphatic heterocycles. The van der Waals surface area contributed by atoms with Gasteiger partial charge in [-0.25, -0.2) is 4.39 Å². The van der Waals surface area contributed by atoms with Gasteiger partial charge in [0.05, 0.1) is 19.3 Å². The van der Waals surface area contributed by atoms with Crippen LogP contribution in [0.15, 0.2) is 24.3 Å². The average molecular weight is 309 g/mol. The number of primary amides is 1. The summed E-state index contributed by atoms with van der Waals surface area (Å²) < 4.78 is 19.1. The normalized spacial score (nSPS) is 21.0. The molecule has 2 atom stereocenters. The fourth-order valence-corrected chi connectivity index (χ4v) is 2.86. The number of amides is 1. The molecule has 0 bridgehead atoms. The number of ether oxygens (including phenoxy) is 1. The Labute approximate surface area is 130 Å². The van der Waals surface area contributed by atoms with Crippen molar-refractivity contribution in [2.75, 3.05) is 39.8 Å². The van der Waals surface area contributed by atoms with Crippen LogP contribution in [0.2, 0.25) is 0 Å². The first kappa shape index (κ1) is 16.9. The van der Waals surface area contributed by atoms with Crippen LogP contribution >= 0.6 is 0 Å². The minimum atomic E-state index is -0.344. The van der Waals surface area contributed by atoms with E-state index in [1.807, 2.05) is 18.0 Å². The first-order valence-electron chi connectivity index (χ1n) is 7.53. The molecule has 1 aromatic carbocycles. The van der Waals surface area contributed by atoms with Crippen LogP contribution < -0.4 is 5.73 Å². The molecule has 22 heavy (non-hydrogen) atoms. The van der Waals surface area contributed by atoms with E-state index in [2.05, 4.69) is 11.8 Å². The molecule has 1 amide bonds. The monoisotopic (exact) mass is 309 g/mol. The summed E-state index contributed by atoms with van der Waals surface area (Å²) in [4.78, 5) is 15.1. The first-order chi connectivity index (χ1) is 10.5. The van der Waals surface area contributed by atoms with Crippen LogP contribution in [0.5, 0.6) is 0 Å². The van der Waals surface area contributed by atoms with Crippen molar-refractivity contribution < 1.29 is 13.9 Å². The number of nitrogens with zero attached hydrogens (tertiary/aromatic N) is 2. The maximum absolute atomic E-state index is 13.4. The Kier molecular flexibility index (Phi) is 5.88. The lowest BCUT2D eigenvalue weighted by atomic mass is 10.1. The molecule has 5 nitrogen and oxygen atoms in total. The maximum atomic E-state index is 13.4. The van der Waals surface area contributed by atoms with E-state index in [0.29, 0.717) is 13.2 Å². The van der Waals surface area contributed by atoms with Crippen molar-refractivity contribution in [3.63, 3.8) is 0 Å². The summed E-state index contributed by atoms with van der Waals surface area (Å²) in [6, 6.07) is 6.84. The Bertz CT molecular complexity index is 512. The van der Waals surface area contributed by atoms with Gasteiger partial charge in [0.2, 0.25) is 5.91 Å². The molecule has 2 rings (SSSR count). The second-order valence-corrected chi connectivity index (χ2v) is 5.88. The molecule has 0 saturated carbocycles. The molecular weight excluding hydrogens is 285 g/mol. The number of hydrogen-bond donors (Lipinski definition) is 1. The summed E-state index contributed by atoms with van der Waals surface area (Å²) in [7, 11) is 1.85. The molecule has 1 saturated heterocycles. The molecule has 0 spiro atoms. The number of nitrogens with two attached hydrogens (primary N) is 1. The second-order valence-electron chi connectivity index (χ2n) is 5.88. The van der Waals surface area contributed by atoms with Gasteiger partial charge in [-0.05, 0) is 31.7 Å². The van der Waals surface area contributed by atoms with Gasteiger partial charge in [-0.2, -0.15) is 0 Å². The molecular formula is C16H24FN3O2. The Hall–Kier alpha value is -1.50. The molecule has 2 N–H and O–H groups in total. The zero-order valence-electron chi connectivity index (χ0n) is 13.2. The van der Waals surface area contributed by atoms with Crippen LogP contribution in [-0.2, 0) is 9.53 Å². The largest absolute Gasteiger partial charge is 0.374 e. The lowest BCUT2D eigenvalue weighted by Crippen LogP contribution is -2.48. The molecule has 1 aliphatic rings. The number of hydrogen-bond acceptors (Lipinski definition) is 4. The summed E-state index contributed by atoms with van der Waals surface area (Å²) in [5.74, 6) is -0.557. The SMILES string of the molecule is CC(c1cccc(F)c1)N1CCOC(CN(C)CC(N)=O)C1. The van der Waals surface area contributed by atoms with Crippen LogP contribution in [0.4, 0.5) is 4.39 Å². The predicted octanol–water partition coefficient (Wildman–Crippen LogP) is 1.00. The highest BCUT2D eigenvalue weighted by Crippen LogP contribution is 2.23. The van der Waals surface area contributed by atoms with Gasteiger partial charge in [0.15, 0.2) is 0 Å². The summed E-state index contributed by atoms with van der Waals surface area (Å²) >= 11 is 0. The van der Waals surface area contributed by atoms with Crippen molar-refractivity contribution in [2.45, 2.75) is 19.1 Å². The molecule has 0 aliphatic carbocycles. The van der Waals surface area contributed by atoms with E-state index in [-0.39, 0.29) is 30.4 Å². The van der Waals surface area contributed by atoms with E-state index in [1.165, 1.54) is 6.07 Å². The van der Waals surface area contributed by atoms with Crippen LogP contribution in [0.1, 0.15) is 18.5 Å². The smallest absolute Gasteiger partial charge is 0.231 e. The highest BCUT2D eigenvalue weighted by molar-refractivity contribution is 5.75. The van der Waals surface area contributed by atoms with Gasteiger partial charge in [-0.15, -0.1) is 0 Å². The third-order valence-electron chi connectivity index (χ3n) is 3.99. The Morgan fingerprint density at radius 1 is 1.59 bits per heavy atom. The number of halogens is 1. The number of morpholine rings is 1. The van der Waals surface area contributed by atoms with E-state index >= 15 is 0 Å². The molecule has 6 heteroatoms. The molecule has 0 radical (unpaired) electrons. The van der Waals surface area contributed by atoms with Gasteiger partial charge in [-0.1, -0.05) is 12.1 Å². The molecule has 1 aromatic rings. The van der Waals surface area contributed by atoms with Gasteiger partial charge in [0.1, 0.15) is 5.82 Å². The first-order valence-corrected chi connectivity index (χ1v) is 7.53. The van der Waals surface area contributed by atoms with Crippen LogP contribution in [0.3, 0.4) is 0 Å². The Balaban J connectivity index is 1.93. The number of likely N-dealkylation sites (N-methyl/N-ethyl adjacent to an activating group) is 1. The van der Waals surface area contributed by atoms with Crippen molar-refractivity contribution in [3.05, 3.63) is 35.6 Å². The summed E-state index contributed by atoms with van der Waals surface area (Å²) in [6.07, 6.45) is 0.0223. The third-order valence-corrected chi connectivity index (χ3v) is 3.99. The quantitative estimate of drug-likeness (QED) is 0.852. The number of carbonyl (C=O) groups excluding carboxylic acids is 1. The minimum Gasteiger partial charge on any atom is -0.374 e. The lowest BCUT2D eigenvalue weighted by molar-refractivity contribution is -0.119. The maximum Gasteiger partial charge on any atom is 0.231 e. The zero-order valence-corrected chi connectivity index (χ0v) is 13.2. The van der Waals surface area contributed by atoms with E-state index in [4.69, 9.17) is 10.5 Å². The summed E-state index contributed by atoms with van der Waals surface area (Å²) in [6.45, 7) is 5.14. The van der Waals surface area contributed by atoms with Crippen molar-refractivity contribution in [1.29, 1.82) is 0 Å². The van der Waals surface area contributed by atoms with Crippen molar-refractivity contribution >= 4 is 5.91 Å². The minimum absolute atomic E-state index is 0.0223. The molecule has 1 fully saturated rings. The standard InChI is InChI=1S/C16H24FN3O2/c1-12(13-4-3-5-14(17)8-13)20-6-7-22-15(10-20)9-19(2)11-16(18)21/h3-5,8,12,15H,6-7,9-11H2,1-2H3,(H2,18,21). The summed E-state index contributed by atoms with van der Waals surface area (Å²) in [5, 5.41) is 0. The lowest BCUT2D eigenvalue weighted by Gasteiger charge is -2.38. The van der Waals surface area contributed by atoms with Crippen molar-refractivity contribution in [1.82, 2.24) is 9.80 Å². The van der Waals surface area contributed by atoms with Gasteiger partial charge in [0, 0.05) is 25.7 Å². The van der Waals surface area contributed by atoms with E-state index in [9.17, 15) is 9.18 Å². The van der Waals surface area contributed by atoms with Gasteiger partial charge >= 0.3 is 0 Å². The molecule has 122 valence electrons. The van der Waals surface area contributed by atoms with E-state index in [0.717, 1.165) is 18.7 Å². The van der Waals surface area contributed by atoms with Crippen LogP contribution in [-0.4, -0.2) is 61.6 Å². The second kappa shape index (κ2) is 7.67. The topological polar surface area (TPSA) is 58.8 Å². The highest BCUT2D eigenvalue weighted by Gasteiger charge is 2.26. The van der Waals surface area contributed by atoms with E-state index < -0.39 is 0 Å². The third kappa shape index (κ3) is 4.76. The van der Waals surface area contributed by atoms with Crippen LogP contribution in [0, 0.1) is 5.82 Å². The van der Waals surface area contributed by atoms with Gasteiger partial charge in [-0.3, -0.25) is 14.6 Å². The molecule has 2 unspecified atom stereocenters. The highest BCUT2D eigenvalue weighted by atomic mass is 19.1. The van der Waals surface area contributed by atoms with Crippen molar-refractivity contribution in [2.24, 2.45) is 5.73 Å². The number of benzene rings is 1. The predicted molar refractivity (Wildman–Crippen MR) is 82.8 cm³/mol. The van der Waals surface area contributed by atoms with Gasteiger partial charge < -0.3 is 10.5 Å². The Morgan fingerprint density at radius 2 is 2.36 bits per heavy atom. The van der Waals surface area contributed by atoms with Crippen LogP contribution in [0.25, 0.3) is 0 Å². The fraction of sp³-hybridized carbons (Fsp3) is 0.562. The number of rotatable bonds is 6. The van der Waals surface area contributed by atoms with E-state index in [1.54, 1.807) is 12.1 Å².